The number of benzene rings is 4. The second-order valence-corrected chi connectivity index (χ2v) is 19.0. The number of ether oxygens (including phenoxy) is 2. The molecule has 2 fully saturated rings. The van der Waals surface area contributed by atoms with Crippen molar-refractivity contribution in [1.82, 2.24) is 30.1 Å². The van der Waals surface area contributed by atoms with E-state index >= 15 is 0 Å². The first-order chi connectivity index (χ1) is 33.6. The van der Waals surface area contributed by atoms with Crippen LogP contribution in [0.25, 0.3) is 45.7 Å². The third-order valence-corrected chi connectivity index (χ3v) is 13.2. The fraction of sp³-hybridized carbons (Fsp3) is 0.360. The van der Waals surface area contributed by atoms with Gasteiger partial charge in [0, 0.05) is 48.2 Å². The molecule has 4 aliphatic rings. The molecule has 4 heterocycles. The van der Waals surface area contributed by atoms with Crippen LogP contribution >= 0.6 is 0 Å². The van der Waals surface area contributed by atoms with Crippen molar-refractivity contribution in [2.75, 3.05) is 26.3 Å². The highest BCUT2D eigenvalue weighted by Crippen LogP contribution is 2.50. The Morgan fingerprint density at radius 1 is 0.700 bits per heavy atom. The molecule has 20 heteroatoms. The minimum absolute atomic E-state index is 0.0161. The number of aliphatic hydroxyl groups is 1. The standard InChI is InChI=1S/C25H24N4O7S.C25H24N4O4/c1-14(2)35-21-7-6-15(10-17(21)13-26)25-27-24(28-36-25)19-5-3-4-18-20(19)11-16-12-22(30)29(23(16)18)8-9-34-37(31,32)33;1-14(2)32-21-7-6-15(10-17(21)13-26)25-27-24(28-33-25)19-5-3-4-18-20(19)11-16-12-22(31)29(8-9-30)23(16)18/h3-7,10,14,16,23H,8-9,11-12H2,1-2H3,(H,31,32,33);3-7,10,14,16,23,30H,8-9,11-12H2,1-2H3/t2*16?,23-/m00/s1. The summed E-state index contributed by atoms with van der Waals surface area (Å²) in [5, 5.41) is 36.8. The fourth-order valence-corrected chi connectivity index (χ4v) is 10.4. The molecule has 2 saturated heterocycles. The van der Waals surface area contributed by atoms with E-state index in [4.69, 9.17) is 23.1 Å². The van der Waals surface area contributed by atoms with Crippen LogP contribution in [0.5, 0.6) is 11.5 Å². The molecule has 2 aliphatic heterocycles. The maximum Gasteiger partial charge on any atom is 0.397 e. The number of nitrogens with zero attached hydrogens (tertiary/aromatic N) is 8. The number of hydrogen-bond acceptors (Lipinski definition) is 16. The Morgan fingerprint density at radius 3 is 1.57 bits per heavy atom. The second kappa shape index (κ2) is 19.5. The Bertz CT molecular complexity index is 3190. The Hall–Kier alpha value is -7.49. The molecule has 2 N–H and O–H groups in total. The number of carbonyl (C=O) groups is 2. The van der Waals surface area contributed by atoms with Crippen LogP contribution in [0.4, 0.5) is 0 Å². The summed E-state index contributed by atoms with van der Waals surface area (Å²) < 4.78 is 57.5. The van der Waals surface area contributed by atoms with Crippen molar-refractivity contribution in [3.8, 4) is 69.3 Å². The van der Waals surface area contributed by atoms with Crippen LogP contribution in [0.15, 0.2) is 81.8 Å². The molecule has 2 aromatic heterocycles. The molecule has 10 rings (SSSR count). The number of aliphatic hydroxyl groups excluding tert-OH is 1. The number of likely N-dealkylation sites (tertiary alicyclic amines) is 2. The molecule has 2 unspecified atom stereocenters. The van der Waals surface area contributed by atoms with Gasteiger partial charge in [0.25, 0.3) is 11.8 Å². The molecule has 0 bridgehead atoms. The topological polar surface area (TPSA) is 268 Å². The van der Waals surface area contributed by atoms with E-state index in [2.05, 4.69) is 36.6 Å². The molecule has 0 radical (unpaired) electrons. The van der Waals surface area contributed by atoms with Crippen LogP contribution < -0.4 is 9.47 Å². The van der Waals surface area contributed by atoms with Crippen LogP contribution in [-0.4, -0.2) is 98.5 Å². The van der Waals surface area contributed by atoms with E-state index in [9.17, 15) is 33.6 Å². The number of fused-ring (bicyclic) bond motifs is 6. The van der Waals surface area contributed by atoms with Crippen LogP contribution in [0.3, 0.4) is 0 Å². The van der Waals surface area contributed by atoms with E-state index in [1.165, 1.54) is 0 Å². The van der Waals surface area contributed by atoms with Gasteiger partial charge >= 0.3 is 10.4 Å². The third kappa shape index (κ3) is 9.46. The molecule has 70 heavy (non-hydrogen) atoms. The lowest BCUT2D eigenvalue weighted by Crippen LogP contribution is -2.32. The van der Waals surface area contributed by atoms with Gasteiger partial charge in [0.15, 0.2) is 0 Å². The Balaban J connectivity index is 0.000000175. The number of β-amino-alcohol motifs (C(OH)–C–C–N with tert-alkyl or cyclic N) is 1. The Kier molecular flexibility index (Phi) is 13.2. The van der Waals surface area contributed by atoms with Crippen molar-refractivity contribution in [2.24, 2.45) is 11.8 Å². The van der Waals surface area contributed by atoms with Crippen molar-refractivity contribution in [3.63, 3.8) is 0 Å². The van der Waals surface area contributed by atoms with E-state index in [0.29, 0.717) is 77.1 Å². The number of rotatable bonds is 14. The average Bonchev–Trinajstić information content (AvgIpc) is 4.19. The summed E-state index contributed by atoms with van der Waals surface area (Å²) >= 11 is 0. The monoisotopic (exact) mass is 968 g/mol. The maximum atomic E-state index is 12.6. The van der Waals surface area contributed by atoms with Crippen molar-refractivity contribution in [2.45, 2.75) is 77.7 Å². The largest absolute Gasteiger partial charge is 0.490 e. The molecule has 6 aromatic rings. The summed E-state index contributed by atoms with van der Waals surface area (Å²) in [5.41, 5.74) is 7.81. The van der Waals surface area contributed by atoms with Gasteiger partial charge in [-0.1, -0.05) is 46.7 Å². The van der Waals surface area contributed by atoms with Crippen molar-refractivity contribution in [1.29, 1.82) is 10.5 Å². The molecule has 360 valence electrons. The Morgan fingerprint density at radius 2 is 1.16 bits per heavy atom. The lowest BCUT2D eigenvalue weighted by atomic mass is 10.0. The van der Waals surface area contributed by atoms with E-state index in [1.54, 1.807) is 46.2 Å². The fourth-order valence-electron chi connectivity index (χ4n) is 10.1. The SMILES string of the molecule is CC(C)Oc1ccc(-c2nc(-c3cccc4c3CC3CC(=O)N(CCO)[C@H]43)no2)cc1C#N.CC(C)Oc1ccc(-c2nc(-c3cccc4c3CC3CC(=O)N(CCOS(=O)(=O)O)[C@H]43)no2)cc1C#N. The zero-order chi connectivity index (χ0) is 49.4. The molecule has 4 aromatic carbocycles. The summed E-state index contributed by atoms with van der Waals surface area (Å²) in [4.78, 5) is 37.5. The van der Waals surface area contributed by atoms with E-state index < -0.39 is 10.4 Å². The molecule has 0 saturated carbocycles. The molecule has 0 spiro atoms. The van der Waals surface area contributed by atoms with Crippen molar-refractivity contribution < 1.29 is 50.4 Å². The smallest absolute Gasteiger partial charge is 0.397 e. The molecule has 2 aliphatic carbocycles. The quantitative estimate of drug-likeness (QED) is 0.106. The van der Waals surface area contributed by atoms with Gasteiger partial charge in [-0.25, -0.2) is 4.18 Å². The first-order valence-electron chi connectivity index (χ1n) is 22.8. The third-order valence-electron chi connectivity index (χ3n) is 12.7. The highest BCUT2D eigenvalue weighted by molar-refractivity contribution is 7.80. The van der Waals surface area contributed by atoms with Gasteiger partial charge in [-0.15, -0.1) is 0 Å². The molecular formula is C50H48N8O11S. The molecule has 19 nitrogen and oxygen atoms in total. The number of carbonyl (C=O) groups excluding carboxylic acids is 2. The zero-order valence-electron chi connectivity index (χ0n) is 38.6. The van der Waals surface area contributed by atoms with Gasteiger partial charge in [0.05, 0.1) is 48.6 Å². The molecular weight excluding hydrogens is 921 g/mol. The summed E-state index contributed by atoms with van der Waals surface area (Å²) in [7, 11) is -4.58. The minimum Gasteiger partial charge on any atom is -0.490 e. The average molecular weight is 969 g/mol. The van der Waals surface area contributed by atoms with E-state index in [-0.39, 0.29) is 73.6 Å². The van der Waals surface area contributed by atoms with Gasteiger partial charge < -0.3 is 33.4 Å². The summed E-state index contributed by atoms with van der Waals surface area (Å²) in [5.74, 6) is 2.66. The van der Waals surface area contributed by atoms with Gasteiger partial charge in [-0.2, -0.15) is 28.9 Å². The normalized spacial score (nSPS) is 18.8. The van der Waals surface area contributed by atoms with Gasteiger partial charge in [-0.05, 0) is 111 Å². The van der Waals surface area contributed by atoms with E-state index in [0.717, 1.165) is 39.8 Å². The van der Waals surface area contributed by atoms with Crippen molar-refractivity contribution >= 4 is 22.2 Å². The minimum atomic E-state index is -4.58. The number of nitriles is 2. The second-order valence-electron chi connectivity index (χ2n) is 17.9. The first-order valence-corrected chi connectivity index (χ1v) is 24.2. The predicted molar refractivity (Wildman–Crippen MR) is 248 cm³/mol. The molecule has 4 atom stereocenters. The highest BCUT2D eigenvalue weighted by Gasteiger charge is 2.47. The number of aromatic nitrogens is 4. The van der Waals surface area contributed by atoms with Crippen LogP contribution in [-0.2, 0) is 37.0 Å². The highest BCUT2D eigenvalue weighted by atomic mass is 32.3. The first kappa shape index (κ1) is 47.6. The predicted octanol–water partition coefficient (Wildman–Crippen LogP) is 6.83. The van der Waals surface area contributed by atoms with Gasteiger partial charge in [-0.3, -0.25) is 14.1 Å². The van der Waals surface area contributed by atoms with Gasteiger partial charge in [0.1, 0.15) is 23.6 Å². The van der Waals surface area contributed by atoms with Crippen LogP contribution in [0, 0.1) is 34.5 Å². The lowest BCUT2D eigenvalue weighted by Gasteiger charge is -2.25. The van der Waals surface area contributed by atoms with Crippen molar-refractivity contribution in [3.05, 3.63) is 106 Å². The zero-order valence-corrected chi connectivity index (χ0v) is 39.4. The lowest BCUT2D eigenvalue weighted by molar-refractivity contribution is -0.130. The van der Waals surface area contributed by atoms with Gasteiger partial charge in [0.2, 0.25) is 23.5 Å². The van der Waals surface area contributed by atoms with Crippen LogP contribution in [0.2, 0.25) is 0 Å². The van der Waals surface area contributed by atoms with Crippen LogP contribution in [0.1, 0.15) is 86.0 Å². The summed E-state index contributed by atoms with van der Waals surface area (Å²) in [6.45, 7) is 7.58. The molecule has 2 amide bonds. The summed E-state index contributed by atoms with van der Waals surface area (Å²) in [6, 6.07) is 26.0. The summed E-state index contributed by atoms with van der Waals surface area (Å²) in [6.07, 6.45) is 2.08. The van der Waals surface area contributed by atoms with E-state index in [1.807, 2.05) is 64.1 Å². The number of amides is 2. The Labute approximate surface area is 403 Å². The maximum absolute atomic E-state index is 12.6. The number of hydrogen-bond donors (Lipinski definition) is 2.